The molecule has 5 rings (SSSR count). The Morgan fingerprint density at radius 3 is 2.45 bits per heavy atom. The zero-order valence-electron chi connectivity index (χ0n) is 20.6. The van der Waals surface area contributed by atoms with E-state index in [0.717, 1.165) is 5.56 Å². The molecular formula is C30H23ClN2O5. The first-order chi connectivity index (χ1) is 18.4. The van der Waals surface area contributed by atoms with E-state index in [-0.39, 0.29) is 11.3 Å². The van der Waals surface area contributed by atoms with Gasteiger partial charge in [0.05, 0.1) is 23.7 Å². The molecule has 38 heavy (non-hydrogen) atoms. The molecule has 4 aromatic rings. The fourth-order valence-electron chi connectivity index (χ4n) is 4.40. The van der Waals surface area contributed by atoms with Gasteiger partial charge in [-0.05, 0) is 78.7 Å². The molecule has 0 radical (unpaired) electrons. The van der Waals surface area contributed by atoms with Crippen molar-refractivity contribution in [2.45, 2.75) is 13.0 Å². The van der Waals surface area contributed by atoms with Crippen molar-refractivity contribution < 1.29 is 24.2 Å². The van der Waals surface area contributed by atoms with E-state index in [0.29, 0.717) is 39.1 Å². The molecule has 1 amide bonds. The van der Waals surface area contributed by atoms with Crippen LogP contribution in [-0.4, -0.2) is 28.9 Å². The molecular weight excluding hydrogens is 504 g/mol. The second kappa shape index (κ2) is 10.4. The van der Waals surface area contributed by atoms with Gasteiger partial charge in [0, 0.05) is 23.6 Å². The van der Waals surface area contributed by atoms with Crippen LogP contribution in [0.25, 0.3) is 5.76 Å². The number of amides is 1. The van der Waals surface area contributed by atoms with Crippen molar-refractivity contribution >= 4 is 34.7 Å². The lowest BCUT2D eigenvalue weighted by atomic mass is 9.96. The summed E-state index contributed by atoms with van der Waals surface area (Å²) in [6.07, 6.45) is 3.16. The molecule has 0 saturated carbocycles. The highest BCUT2D eigenvalue weighted by atomic mass is 35.5. The Labute approximate surface area is 224 Å². The van der Waals surface area contributed by atoms with E-state index < -0.39 is 17.7 Å². The van der Waals surface area contributed by atoms with Crippen LogP contribution in [0.3, 0.4) is 0 Å². The van der Waals surface area contributed by atoms with Crippen molar-refractivity contribution in [3.8, 4) is 17.2 Å². The standard InChI is InChI=1S/C30H23ClN2O5/c1-18-5-3-7-23(15-18)38-22-11-9-21(10-12-22)33-27(20-6-4-14-32-17-20)26(29(35)30(33)36)28(34)19-8-13-24(31)25(16-19)37-2/h3-17,27,34H,1-2H3/b28-26-. The minimum atomic E-state index is -0.908. The zero-order chi connectivity index (χ0) is 26.8. The fourth-order valence-corrected chi connectivity index (χ4v) is 4.60. The van der Waals surface area contributed by atoms with E-state index in [4.69, 9.17) is 21.1 Å². The van der Waals surface area contributed by atoms with E-state index in [9.17, 15) is 14.7 Å². The Morgan fingerprint density at radius 1 is 0.974 bits per heavy atom. The van der Waals surface area contributed by atoms with Gasteiger partial charge in [0.15, 0.2) is 0 Å². The van der Waals surface area contributed by atoms with Crippen LogP contribution < -0.4 is 14.4 Å². The molecule has 1 fully saturated rings. The maximum Gasteiger partial charge on any atom is 0.300 e. The molecule has 1 aliphatic rings. The number of hydrogen-bond acceptors (Lipinski definition) is 6. The molecule has 1 unspecified atom stereocenters. The summed E-state index contributed by atoms with van der Waals surface area (Å²) in [7, 11) is 1.45. The van der Waals surface area contributed by atoms with Gasteiger partial charge in [-0.15, -0.1) is 0 Å². The van der Waals surface area contributed by atoms with Crippen LogP contribution in [0.1, 0.15) is 22.7 Å². The number of ether oxygens (including phenoxy) is 2. The van der Waals surface area contributed by atoms with Crippen LogP contribution in [-0.2, 0) is 9.59 Å². The molecule has 3 aromatic carbocycles. The average Bonchev–Trinajstić information content (AvgIpc) is 3.19. The molecule has 7 nitrogen and oxygen atoms in total. The number of rotatable bonds is 6. The Balaban J connectivity index is 1.57. The largest absolute Gasteiger partial charge is 0.507 e. The summed E-state index contributed by atoms with van der Waals surface area (Å²) < 4.78 is 11.2. The summed E-state index contributed by atoms with van der Waals surface area (Å²) in [5, 5.41) is 11.6. The van der Waals surface area contributed by atoms with Gasteiger partial charge in [-0.1, -0.05) is 29.8 Å². The van der Waals surface area contributed by atoms with Crippen molar-refractivity contribution in [1.82, 2.24) is 4.98 Å². The van der Waals surface area contributed by atoms with E-state index >= 15 is 0 Å². The van der Waals surface area contributed by atoms with Crippen LogP contribution in [0, 0.1) is 6.92 Å². The van der Waals surface area contributed by atoms with E-state index in [1.54, 1.807) is 60.9 Å². The summed E-state index contributed by atoms with van der Waals surface area (Å²) in [5.41, 5.74) is 2.32. The number of halogens is 1. The molecule has 2 heterocycles. The molecule has 0 spiro atoms. The topological polar surface area (TPSA) is 89.0 Å². The van der Waals surface area contributed by atoms with E-state index in [1.807, 2.05) is 31.2 Å². The third-order valence-electron chi connectivity index (χ3n) is 6.21. The maximum absolute atomic E-state index is 13.4. The van der Waals surface area contributed by atoms with Gasteiger partial charge >= 0.3 is 0 Å². The summed E-state index contributed by atoms with van der Waals surface area (Å²) in [5.74, 6) is -0.339. The number of hydrogen-bond donors (Lipinski definition) is 1. The number of pyridine rings is 1. The first-order valence-corrected chi connectivity index (χ1v) is 12.1. The molecule has 1 aromatic heterocycles. The van der Waals surface area contributed by atoms with Gasteiger partial charge in [-0.3, -0.25) is 19.5 Å². The molecule has 0 aliphatic carbocycles. The summed E-state index contributed by atoms with van der Waals surface area (Å²) in [6.45, 7) is 1.98. The third-order valence-corrected chi connectivity index (χ3v) is 6.52. The van der Waals surface area contributed by atoms with Gasteiger partial charge in [-0.25, -0.2) is 0 Å². The van der Waals surface area contributed by atoms with E-state index in [1.165, 1.54) is 18.1 Å². The minimum absolute atomic E-state index is 0.0625. The summed E-state index contributed by atoms with van der Waals surface area (Å²) in [6, 6.07) is 21.7. The number of carbonyl (C=O) groups is 2. The lowest BCUT2D eigenvalue weighted by Gasteiger charge is -2.25. The fraction of sp³-hybridized carbons (Fsp3) is 0.100. The van der Waals surface area contributed by atoms with Crippen molar-refractivity contribution in [3.05, 3.63) is 119 Å². The van der Waals surface area contributed by atoms with Gasteiger partial charge in [0.1, 0.15) is 23.0 Å². The predicted molar refractivity (Wildman–Crippen MR) is 145 cm³/mol. The number of methoxy groups -OCH3 is 1. The number of aryl methyl sites for hydroxylation is 1. The van der Waals surface area contributed by atoms with Crippen molar-refractivity contribution in [3.63, 3.8) is 0 Å². The quantitative estimate of drug-likeness (QED) is 0.176. The third kappa shape index (κ3) is 4.71. The Morgan fingerprint density at radius 2 is 1.76 bits per heavy atom. The number of aliphatic hydroxyl groups is 1. The van der Waals surface area contributed by atoms with Crippen LogP contribution in [0.4, 0.5) is 5.69 Å². The van der Waals surface area contributed by atoms with Crippen LogP contribution in [0.15, 0.2) is 96.8 Å². The number of aromatic nitrogens is 1. The second-order valence-electron chi connectivity index (χ2n) is 8.72. The van der Waals surface area contributed by atoms with Crippen LogP contribution in [0.5, 0.6) is 17.2 Å². The first-order valence-electron chi connectivity index (χ1n) is 11.8. The molecule has 1 saturated heterocycles. The average molecular weight is 527 g/mol. The lowest BCUT2D eigenvalue weighted by molar-refractivity contribution is -0.132. The highest BCUT2D eigenvalue weighted by Gasteiger charge is 2.47. The highest BCUT2D eigenvalue weighted by molar-refractivity contribution is 6.51. The van der Waals surface area contributed by atoms with Gasteiger partial charge in [-0.2, -0.15) is 0 Å². The minimum Gasteiger partial charge on any atom is -0.507 e. The van der Waals surface area contributed by atoms with Gasteiger partial charge < -0.3 is 14.6 Å². The molecule has 0 bridgehead atoms. The Bertz CT molecular complexity index is 1550. The SMILES string of the molecule is COc1cc(/C(O)=C2/C(=O)C(=O)N(c3ccc(Oc4cccc(C)c4)cc3)C2c2cccnc2)ccc1Cl. The van der Waals surface area contributed by atoms with Crippen LogP contribution in [0.2, 0.25) is 5.02 Å². The molecule has 8 heteroatoms. The summed E-state index contributed by atoms with van der Waals surface area (Å²) in [4.78, 5) is 32.2. The van der Waals surface area contributed by atoms with Crippen LogP contribution >= 0.6 is 11.6 Å². The van der Waals surface area contributed by atoms with Crippen molar-refractivity contribution in [2.24, 2.45) is 0 Å². The zero-order valence-corrected chi connectivity index (χ0v) is 21.3. The number of carbonyl (C=O) groups excluding carboxylic acids is 2. The number of aliphatic hydroxyl groups excluding tert-OH is 1. The molecule has 1 N–H and O–H groups in total. The normalized spacial score (nSPS) is 16.5. The number of ketones is 1. The van der Waals surface area contributed by atoms with Crippen molar-refractivity contribution in [1.29, 1.82) is 0 Å². The lowest BCUT2D eigenvalue weighted by Crippen LogP contribution is -2.29. The Kier molecular flexibility index (Phi) is 6.85. The number of nitrogens with zero attached hydrogens (tertiary/aromatic N) is 2. The maximum atomic E-state index is 13.4. The molecule has 190 valence electrons. The van der Waals surface area contributed by atoms with Crippen molar-refractivity contribution in [2.75, 3.05) is 12.0 Å². The number of Topliss-reactive ketones (excluding diaryl/α,β-unsaturated/α-hetero) is 1. The highest BCUT2D eigenvalue weighted by Crippen LogP contribution is 2.43. The van der Waals surface area contributed by atoms with Gasteiger partial charge in [0.25, 0.3) is 11.7 Å². The predicted octanol–water partition coefficient (Wildman–Crippen LogP) is 6.47. The Hall–Kier alpha value is -4.62. The van der Waals surface area contributed by atoms with E-state index in [2.05, 4.69) is 4.98 Å². The molecule has 1 atom stereocenters. The second-order valence-corrected chi connectivity index (χ2v) is 9.12. The summed E-state index contributed by atoms with van der Waals surface area (Å²) >= 11 is 6.14. The number of benzene rings is 3. The molecule has 1 aliphatic heterocycles. The monoisotopic (exact) mass is 526 g/mol. The smallest absolute Gasteiger partial charge is 0.300 e. The number of anilines is 1. The van der Waals surface area contributed by atoms with Gasteiger partial charge in [0.2, 0.25) is 0 Å². The first kappa shape index (κ1) is 25.0.